The van der Waals surface area contributed by atoms with Crippen molar-refractivity contribution in [2.45, 2.75) is 6.42 Å². The molecule has 2 amide bonds. The summed E-state index contributed by atoms with van der Waals surface area (Å²) < 4.78 is 5.75. The van der Waals surface area contributed by atoms with Gasteiger partial charge in [-0.25, -0.2) is 0 Å². The van der Waals surface area contributed by atoms with Crippen LogP contribution in [0, 0.1) is 0 Å². The van der Waals surface area contributed by atoms with Gasteiger partial charge >= 0.3 is 0 Å². The van der Waals surface area contributed by atoms with Crippen LogP contribution < -0.4 is 0 Å². The molecule has 2 aliphatic rings. The number of carbonyl (C=O) groups excluding carboxylic acids is 2. The van der Waals surface area contributed by atoms with Crippen LogP contribution in [0.1, 0.15) is 12.0 Å². The summed E-state index contributed by atoms with van der Waals surface area (Å²) in [5, 5.41) is 0. The minimum Gasteiger partial charge on any atom is -0.378 e. The number of nitrogens with zero attached hydrogens (tertiary/aromatic N) is 2. The molecule has 0 spiro atoms. The maximum Gasteiger partial charge on any atom is 0.266 e. The van der Waals surface area contributed by atoms with Crippen LogP contribution in [0.5, 0.6) is 0 Å². The highest BCUT2D eigenvalue weighted by Crippen LogP contribution is 2.31. The largest absolute Gasteiger partial charge is 0.378 e. The lowest BCUT2D eigenvalue weighted by Gasteiger charge is -2.27. The molecule has 0 N–H and O–H groups in total. The maximum absolute atomic E-state index is 12.5. The summed E-state index contributed by atoms with van der Waals surface area (Å²) in [6, 6.07) is 9.87. The van der Waals surface area contributed by atoms with Gasteiger partial charge < -0.3 is 9.64 Å². The Morgan fingerprint density at radius 1 is 1.23 bits per heavy atom. The van der Waals surface area contributed by atoms with Crippen molar-refractivity contribution in [1.82, 2.24) is 9.80 Å². The van der Waals surface area contributed by atoms with Crippen molar-refractivity contribution in [2.75, 3.05) is 32.8 Å². The van der Waals surface area contributed by atoms with Gasteiger partial charge in [0.15, 0.2) is 0 Å². The average Bonchev–Trinajstić information content (AvgIpc) is 2.94. The third kappa shape index (κ3) is 4.81. The first-order chi connectivity index (χ1) is 12.6. The molecule has 5 nitrogen and oxygen atoms in total. The molecule has 2 saturated heterocycles. The van der Waals surface area contributed by atoms with Crippen molar-refractivity contribution in [3.05, 3.63) is 53.0 Å². The standard InChI is InChI=1S/C19H20N2O3S2/c22-17(20-11-13-24-14-12-20)9-10-21-18(23)16(26-19(21)25)8-4-7-15-5-2-1-3-6-15/h1-8H,9-14H2/b7-4+,16-8+. The molecule has 0 aromatic heterocycles. The summed E-state index contributed by atoms with van der Waals surface area (Å²) in [5.74, 6) is -0.0946. The Morgan fingerprint density at radius 3 is 2.69 bits per heavy atom. The second kappa shape index (κ2) is 9.12. The molecule has 3 rings (SSSR count). The van der Waals surface area contributed by atoms with Crippen molar-refractivity contribution < 1.29 is 14.3 Å². The first-order valence-corrected chi connectivity index (χ1v) is 9.70. The minimum absolute atomic E-state index is 0.0373. The number of allylic oxidation sites excluding steroid dienone is 2. The molecule has 2 fully saturated rings. The number of morpholine rings is 1. The Balaban J connectivity index is 1.55. The van der Waals surface area contributed by atoms with E-state index >= 15 is 0 Å². The summed E-state index contributed by atoms with van der Waals surface area (Å²) >= 11 is 6.58. The van der Waals surface area contributed by atoms with Crippen LogP contribution >= 0.6 is 24.0 Å². The second-order valence-electron chi connectivity index (χ2n) is 5.87. The number of carbonyl (C=O) groups is 2. The van der Waals surface area contributed by atoms with E-state index in [2.05, 4.69) is 0 Å². The van der Waals surface area contributed by atoms with Crippen molar-refractivity contribution in [1.29, 1.82) is 0 Å². The van der Waals surface area contributed by atoms with Crippen LogP contribution in [0.25, 0.3) is 6.08 Å². The van der Waals surface area contributed by atoms with Gasteiger partial charge in [-0.15, -0.1) is 0 Å². The molecular formula is C19H20N2O3S2. The molecule has 0 aliphatic carbocycles. The molecule has 1 aromatic carbocycles. The molecule has 0 unspecified atom stereocenters. The fourth-order valence-electron chi connectivity index (χ4n) is 2.70. The zero-order valence-electron chi connectivity index (χ0n) is 14.3. The van der Waals surface area contributed by atoms with E-state index in [0.717, 1.165) is 5.56 Å². The van der Waals surface area contributed by atoms with Gasteiger partial charge in [0.1, 0.15) is 4.32 Å². The number of thiocarbonyl (C=S) groups is 1. The van der Waals surface area contributed by atoms with E-state index in [9.17, 15) is 9.59 Å². The van der Waals surface area contributed by atoms with Gasteiger partial charge in [0.05, 0.1) is 18.1 Å². The fraction of sp³-hybridized carbons (Fsp3) is 0.316. The normalized spacial score (nSPS) is 19.8. The van der Waals surface area contributed by atoms with E-state index in [1.807, 2.05) is 42.5 Å². The van der Waals surface area contributed by atoms with Crippen molar-refractivity contribution in [3.8, 4) is 0 Å². The molecule has 0 atom stereocenters. The molecule has 7 heteroatoms. The number of amides is 2. The smallest absolute Gasteiger partial charge is 0.266 e. The van der Waals surface area contributed by atoms with E-state index in [1.165, 1.54) is 16.7 Å². The highest BCUT2D eigenvalue weighted by molar-refractivity contribution is 8.26. The average molecular weight is 389 g/mol. The SMILES string of the molecule is O=C(CCN1C(=O)/C(=C\C=C\c2ccccc2)SC1=S)N1CCOCC1. The number of hydrogen-bond acceptors (Lipinski definition) is 5. The van der Waals surface area contributed by atoms with E-state index in [-0.39, 0.29) is 18.2 Å². The molecule has 1 aromatic rings. The lowest BCUT2D eigenvalue weighted by Crippen LogP contribution is -2.42. The summed E-state index contributed by atoms with van der Waals surface area (Å²) in [5.41, 5.74) is 1.07. The van der Waals surface area contributed by atoms with Crippen LogP contribution in [0.4, 0.5) is 0 Å². The first-order valence-electron chi connectivity index (χ1n) is 8.48. The monoisotopic (exact) mass is 388 g/mol. The molecule has 26 heavy (non-hydrogen) atoms. The number of benzene rings is 1. The summed E-state index contributed by atoms with van der Waals surface area (Å²) in [4.78, 5) is 28.6. The van der Waals surface area contributed by atoms with Gasteiger partial charge in [-0.2, -0.15) is 0 Å². The van der Waals surface area contributed by atoms with Gasteiger partial charge in [-0.05, 0) is 11.6 Å². The summed E-state index contributed by atoms with van der Waals surface area (Å²) in [7, 11) is 0. The van der Waals surface area contributed by atoms with Gasteiger partial charge in [0.2, 0.25) is 5.91 Å². The molecule has 2 aliphatic heterocycles. The third-order valence-corrected chi connectivity index (χ3v) is 5.52. The second-order valence-corrected chi connectivity index (χ2v) is 7.54. The zero-order valence-corrected chi connectivity index (χ0v) is 15.9. The zero-order chi connectivity index (χ0) is 18.4. The lowest BCUT2D eigenvalue weighted by molar-refractivity contribution is -0.135. The van der Waals surface area contributed by atoms with Crippen LogP contribution in [0.15, 0.2) is 47.4 Å². The third-order valence-electron chi connectivity index (χ3n) is 4.12. The Hall–Kier alpha value is -1.96. The Morgan fingerprint density at radius 2 is 1.96 bits per heavy atom. The molecule has 2 heterocycles. The predicted octanol–water partition coefficient (Wildman–Crippen LogP) is 2.69. The fourth-order valence-corrected chi connectivity index (χ4v) is 3.96. The van der Waals surface area contributed by atoms with E-state index < -0.39 is 0 Å². The Bertz CT molecular complexity index is 740. The van der Waals surface area contributed by atoms with E-state index in [1.54, 1.807) is 11.0 Å². The highest BCUT2D eigenvalue weighted by Gasteiger charge is 2.32. The van der Waals surface area contributed by atoms with Gasteiger partial charge in [-0.3, -0.25) is 14.5 Å². The Labute approximate surface area is 162 Å². The van der Waals surface area contributed by atoms with Crippen molar-refractivity contribution >= 4 is 46.2 Å². The molecular weight excluding hydrogens is 368 g/mol. The predicted molar refractivity (Wildman–Crippen MR) is 107 cm³/mol. The minimum atomic E-state index is -0.132. The van der Waals surface area contributed by atoms with Gasteiger partial charge in [-0.1, -0.05) is 66.5 Å². The van der Waals surface area contributed by atoms with Crippen molar-refractivity contribution in [2.24, 2.45) is 0 Å². The van der Waals surface area contributed by atoms with Gasteiger partial charge in [0.25, 0.3) is 5.91 Å². The summed E-state index contributed by atoms with van der Waals surface area (Å²) in [6.45, 7) is 2.69. The molecule has 0 radical (unpaired) electrons. The molecule has 0 saturated carbocycles. The van der Waals surface area contributed by atoms with Crippen LogP contribution in [0.3, 0.4) is 0 Å². The molecule has 136 valence electrons. The van der Waals surface area contributed by atoms with Crippen LogP contribution in [0.2, 0.25) is 0 Å². The number of ether oxygens (including phenoxy) is 1. The maximum atomic E-state index is 12.5. The van der Waals surface area contributed by atoms with Gasteiger partial charge in [0, 0.05) is 26.1 Å². The van der Waals surface area contributed by atoms with Crippen LogP contribution in [-0.2, 0) is 14.3 Å². The topological polar surface area (TPSA) is 49.9 Å². The Kier molecular flexibility index (Phi) is 6.60. The quantitative estimate of drug-likeness (QED) is 0.573. The highest BCUT2D eigenvalue weighted by atomic mass is 32.2. The van der Waals surface area contributed by atoms with E-state index in [0.29, 0.717) is 42.1 Å². The summed E-state index contributed by atoms with van der Waals surface area (Å²) in [6.07, 6.45) is 5.84. The number of rotatable bonds is 5. The first kappa shape index (κ1) is 18.8. The number of hydrogen-bond donors (Lipinski definition) is 0. The molecule has 0 bridgehead atoms. The van der Waals surface area contributed by atoms with Crippen LogP contribution in [-0.4, -0.2) is 58.8 Å². The number of thioether (sulfide) groups is 1. The van der Waals surface area contributed by atoms with E-state index in [4.69, 9.17) is 17.0 Å². The lowest BCUT2D eigenvalue weighted by atomic mass is 10.2. The van der Waals surface area contributed by atoms with Crippen molar-refractivity contribution in [3.63, 3.8) is 0 Å².